The van der Waals surface area contributed by atoms with Gasteiger partial charge in [0.25, 0.3) is 0 Å². The number of hydrogen-bond donors (Lipinski definition) is 3. The Hall–Kier alpha value is -2.30. The molecule has 0 atom stereocenters. The van der Waals surface area contributed by atoms with E-state index in [1.165, 1.54) is 0 Å². The first-order valence-electron chi connectivity index (χ1n) is 10.2. The van der Waals surface area contributed by atoms with Crippen LogP contribution in [0.15, 0.2) is 35.3 Å². The number of carbonyl (C=O) groups is 1. The summed E-state index contributed by atoms with van der Waals surface area (Å²) in [5.41, 5.74) is 1.63. The van der Waals surface area contributed by atoms with E-state index >= 15 is 0 Å². The van der Waals surface area contributed by atoms with Crippen molar-refractivity contribution in [2.75, 3.05) is 39.1 Å². The number of carbonyl (C=O) groups excluding carboxylic acids is 1. The van der Waals surface area contributed by atoms with Crippen molar-refractivity contribution in [1.29, 1.82) is 0 Å². The summed E-state index contributed by atoms with van der Waals surface area (Å²) < 4.78 is 5.22. The second-order valence-corrected chi connectivity index (χ2v) is 8.19. The van der Waals surface area contributed by atoms with Crippen LogP contribution < -0.4 is 20.9 Å². The van der Waals surface area contributed by atoms with Crippen molar-refractivity contribution in [3.8, 4) is 0 Å². The molecule has 0 unspecified atom stereocenters. The van der Waals surface area contributed by atoms with Crippen LogP contribution in [-0.4, -0.2) is 56.9 Å². The number of pyridine rings is 1. The first-order chi connectivity index (χ1) is 14.2. The van der Waals surface area contributed by atoms with Crippen LogP contribution in [0.3, 0.4) is 0 Å². The Kier molecular flexibility index (Phi) is 10.8. The molecule has 1 aromatic carbocycles. The minimum absolute atomic E-state index is 0. The van der Waals surface area contributed by atoms with Gasteiger partial charge in [-0.25, -0.2) is 9.78 Å². The average Bonchev–Trinajstić information content (AvgIpc) is 2.68. The number of nitrogens with one attached hydrogen (secondary N) is 3. The molecule has 0 aliphatic carbocycles. The lowest BCUT2D eigenvalue weighted by Gasteiger charge is -2.19. The van der Waals surface area contributed by atoms with Crippen molar-refractivity contribution < 1.29 is 9.53 Å². The van der Waals surface area contributed by atoms with Crippen LogP contribution in [0.2, 0.25) is 0 Å². The fourth-order valence-corrected chi connectivity index (χ4v) is 2.81. The van der Waals surface area contributed by atoms with Gasteiger partial charge in [-0.2, -0.15) is 0 Å². The predicted octanol–water partition coefficient (Wildman–Crippen LogP) is 3.50. The number of aromatic nitrogens is 1. The lowest BCUT2D eigenvalue weighted by Crippen LogP contribution is -2.39. The normalized spacial score (nSPS) is 11.5. The quantitative estimate of drug-likeness (QED) is 0.215. The standard InChI is InChI=1S/C22H34N6O2.HI/c1-22(2,3)30-21(29)25-13-9-12-24-20(23-4)26-15-16-14-19(28(5)6)27-18-11-8-7-10-17(16)18;/h7-8,10-11,14H,9,12-13,15H2,1-6H3,(H,25,29)(H2,23,24,26);1H. The molecule has 0 bridgehead atoms. The molecule has 1 aromatic heterocycles. The summed E-state index contributed by atoms with van der Waals surface area (Å²) in [4.78, 5) is 22.6. The number of benzene rings is 1. The second kappa shape index (κ2) is 12.5. The van der Waals surface area contributed by atoms with Gasteiger partial charge in [-0.15, -0.1) is 24.0 Å². The number of para-hydroxylation sites is 1. The van der Waals surface area contributed by atoms with Gasteiger partial charge in [-0.1, -0.05) is 18.2 Å². The highest BCUT2D eigenvalue weighted by Gasteiger charge is 2.15. The third-order valence-corrected chi connectivity index (χ3v) is 4.23. The van der Waals surface area contributed by atoms with Crippen molar-refractivity contribution in [2.45, 2.75) is 39.3 Å². The Labute approximate surface area is 202 Å². The summed E-state index contributed by atoms with van der Waals surface area (Å²) >= 11 is 0. The van der Waals surface area contributed by atoms with Gasteiger partial charge in [0.2, 0.25) is 0 Å². The molecule has 0 saturated heterocycles. The van der Waals surface area contributed by atoms with Crippen molar-refractivity contribution in [3.63, 3.8) is 0 Å². The molecule has 0 radical (unpaired) electrons. The Bertz CT molecular complexity index is 880. The maximum atomic E-state index is 11.7. The molecule has 8 nitrogen and oxygen atoms in total. The van der Waals surface area contributed by atoms with Crippen molar-refractivity contribution in [1.82, 2.24) is 20.9 Å². The van der Waals surface area contributed by atoms with E-state index in [4.69, 9.17) is 9.72 Å². The summed E-state index contributed by atoms with van der Waals surface area (Å²) in [6.07, 6.45) is 0.356. The number of guanidine groups is 1. The van der Waals surface area contributed by atoms with E-state index in [1.807, 2.05) is 58.0 Å². The maximum absolute atomic E-state index is 11.7. The molecule has 31 heavy (non-hydrogen) atoms. The Morgan fingerprint density at radius 3 is 2.45 bits per heavy atom. The van der Waals surface area contributed by atoms with Gasteiger partial charge in [0.15, 0.2) is 5.96 Å². The number of rotatable bonds is 7. The zero-order chi connectivity index (χ0) is 22.1. The second-order valence-electron chi connectivity index (χ2n) is 8.19. The molecule has 0 saturated carbocycles. The van der Waals surface area contributed by atoms with Gasteiger partial charge in [0.05, 0.1) is 5.52 Å². The number of alkyl carbamates (subject to hydrolysis) is 1. The van der Waals surface area contributed by atoms with Crippen LogP contribution in [-0.2, 0) is 11.3 Å². The highest BCUT2D eigenvalue weighted by atomic mass is 127. The zero-order valence-electron chi connectivity index (χ0n) is 19.3. The van der Waals surface area contributed by atoms with Crippen LogP contribution in [0.5, 0.6) is 0 Å². The minimum Gasteiger partial charge on any atom is -0.444 e. The molecule has 0 fully saturated rings. The van der Waals surface area contributed by atoms with Crippen LogP contribution in [0, 0.1) is 0 Å². The summed E-state index contributed by atoms with van der Waals surface area (Å²) in [5, 5.41) is 10.5. The molecule has 3 N–H and O–H groups in total. The molecule has 1 amide bonds. The smallest absolute Gasteiger partial charge is 0.407 e. The van der Waals surface area contributed by atoms with Crippen LogP contribution in [0.1, 0.15) is 32.8 Å². The third kappa shape index (κ3) is 9.16. The monoisotopic (exact) mass is 542 g/mol. The zero-order valence-corrected chi connectivity index (χ0v) is 21.6. The number of fused-ring (bicyclic) bond motifs is 1. The Morgan fingerprint density at radius 1 is 1.13 bits per heavy atom. The van der Waals surface area contributed by atoms with E-state index < -0.39 is 11.7 Å². The number of ether oxygens (including phenoxy) is 1. The van der Waals surface area contributed by atoms with Crippen LogP contribution in [0.25, 0.3) is 10.9 Å². The fourth-order valence-electron chi connectivity index (χ4n) is 2.81. The molecule has 1 heterocycles. The first kappa shape index (κ1) is 26.7. The van der Waals surface area contributed by atoms with E-state index in [0.717, 1.165) is 28.7 Å². The van der Waals surface area contributed by atoms with Crippen LogP contribution in [0.4, 0.5) is 10.6 Å². The molecular weight excluding hydrogens is 507 g/mol. The topological polar surface area (TPSA) is 90.9 Å². The van der Waals surface area contributed by atoms with Crippen molar-refractivity contribution in [2.24, 2.45) is 4.99 Å². The van der Waals surface area contributed by atoms with E-state index in [2.05, 4.69) is 33.1 Å². The number of nitrogens with zero attached hydrogens (tertiary/aromatic N) is 3. The first-order valence-corrected chi connectivity index (χ1v) is 10.2. The number of halogens is 1. The SMILES string of the molecule is CN=C(NCCCNC(=O)OC(C)(C)C)NCc1cc(N(C)C)nc2ccccc12.I. The predicted molar refractivity (Wildman–Crippen MR) is 139 cm³/mol. The van der Waals surface area contributed by atoms with Gasteiger partial charge in [-0.05, 0) is 44.9 Å². The van der Waals surface area contributed by atoms with Gasteiger partial charge < -0.3 is 25.6 Å². The van der Waals surface area contributed by atoms with Gasteiger partial charge in [0.1, 0.15) is 11.4 Å². The minimum atomic E-state index is -0.488. The number of amides is 1. The number of aliphatic imine (C=N–C) groups is 1. The summed E-state index contributed by atoms with van der Waals surface area (Å²) in [7, 11) is 5.71. The van der Waals surface area contributed by atoms with Gasteiger partial charge in [0, 0.05) is 46.2 Å². The molecule has 2 aromatic rings. The summed E-state index contributed by atoms with van der Waals surface area (Å²) in [6.45, 7) is 7.36. The average molecular weight is 542 g/mol. The molecule has 172 valence electrons. The van der Waals surface area contributed by atoms with Crippen molar-refractivity contribution >= 4 is 52.8 Å². The molecular formula is C22H35IN6O2. The van der Waals surface area contributed by atoms with E-state index in [9.17, 15) is 4.79 Å². The van der Waals surface area contributed by atoms with E-state index in [0.29, 0.717) is 25.6 Å². The van der Waals surface area contributed by atoms with E-state index in [1.54, 1.807) is 7.05 Å². The lowest BCUT2D eigenvalue weighted by molar-refractivity contribution is 0.0527. The fraction of sp³-hybridized carbons (Fsp3) is 0.500. The highest BCUT2D eigenvalue weighted by Crippen LogP contribution is 2.21. The van der Waals surface area contributed by atoms with Crippen molar-refractivity contribution in [3.05, 3.63) is 35.9 Å². The Balaban J connectivity index is 0.00000480. The molecule has 2 rings (SSSR count). The molecule has 0 spiro atoms. The summed E-state index contributed by atoms with van der Waals surface area (Å²) in [5.74, 6) is 1.63. The van der Waals surface area contributed by atoms with Gasteiger partial charge >= 0.3 is 6.09 Å². The van der Waals surface area contributed by atoms with Gasteiger partial charge in [-0.3, -0.25) is 4.99 Å². The Morgan fingerprint density at radius 2 is 1.81 bits per heavy atom. The lowest BCUT2D eigenvalue weighted by atomic mass is 10.1. The molecule has 9 heteroatoms. The third-order valence-electron chi connectivity index (χ3n) is 4.23. The summed E-state index contributed by atoms with van der Waals surface area (Å²) in [6, 6.07) is 10.2. The van der Waals surface area contributed by atoms with E-state index in [-0.39, 0.29) is 24.0 Å². The highest BCUT2D eigenvalue weighted by molar-refractivity contribution is 14.0. The number of anilines is 1. The molecule has 0 aliphatic rings. The number of hydrogen-bond acceptors (Lipinski definition) is 5. The van der Waals surface area contributed by atoms with Crippen LogP contribution >= 0.6 is 24.0 Å². The molecule has 0 aliphatic heterocycles. The maximum Gasteiger partial charge on any atom is 0.407 e. The largest absolute Gasteiger partial charge is 0.444 e.